The Morgan fingerprint density at radius 3 is 2.61 bits per heavy atom. The van der Waals surface area contributed by atoms with Crippen LogP contribution in [0.5, 0.6) is 0 Å². The zero-order chi connectivity index (χ0) is 13.3. The number of halogens is 1. The predicted octanol–water partition coefficient (Wildman–Crippen LogP) is 1.40. The molecule has 5 heteroatoms. The molecule has 2 amide bonds. The van der Waals surface area contributed by atoms with Gasteiger partial charge >= 0.3 is 0 Å². The van der Waals surface area contributed by atoms with Crippen molar-refractivity contribution < 1.29 is 18.8 Å². The fraction of sp³-hybridized carbons (Fsp3) is 0.308. The Morgan fingerprint density at radius 1 is 1.39 bits per heavy atom. The van der Waals surface area contributed by atoms with E-state index in [4.69, 9.17) is 0 Å². The number of hydrogen-bond donors (Lipinski definition) is 0. The molecule has 1 aromatic carbocycles. The van der Waals surface area contributed by atoms with Gasteiger partial charge in [-0.05, 0) is 12.1 Å². The third-order valence-corrected chi connectivity index (χ3v) is 2.95. The number of Topliss-reactive ketones (excluding diaryl/α,β-unsaturated/α-hetero) is 1. The molecule has 18 heavy (non-hydrogen) atoms. The minimum absolute atomic E-state index is 0.0994. The Kier molecular flexibility index (Phi) is 3.23. The van der Waals surface area contributed by atoms with Gasteiger partial charge in [-0.3, -0.25) is 19.3 Å². The second kappa shape index (κ2) is 4.68. The lowest BCUT2D eigenvalue weighted by Crippen LogP contribution is -2.35. The molecule has 1 heterocycles. The molecular formula is C13H12FNO3. The monoisotopic (exact) mass is 249 g/mol. The lowest BCUT2D eigenvalue weighted by molar-refractivity contribution is -0.138. The summed E-state index contributed by atoms with van der Waals surface area (Å²) in [5.41, 5.74) is -0.0994. The Hall–Kier alpha value is -2.04. The normalized spacial score (nSPS) is 19.4. The molecule has 94 valence electrons. The van der Waals surface area contributed by atoms with Gasteiger partial charge in [0.15, 0.2) is 5.78 Å². The van der Waals surface area contributed by atoms with Crippen LogP contribution < -0.4 is 0 Å². The fourth-order valence-corrected chi connectivity index (χ4v) is 1.93. The van der Waals surface area contributed by atoms with E-state index < -0.39 is 17.5 Å². The van der Waals surface area contributed by atoms with E-state index in [-0.39, 0.29) is 30.3 Å². The van der Waals surface area contributed by atoms with Crippen LogP contribution in [-0.4, -0.2) is 29.0 Å². The van der Waals surface area contributed by atoms with Crippen LogP contribution in [0.4, 0.5) is 4.39 Å². The molecule has 0 radical (unpaired) electrons. The van der Waals surface area contributed by atoms with Crippen molar-refractivity contribution >= 4 is 17.6 Å². The predicted molar refractivity (Wildman–Crippen MR) is 61.2 cm³/mol. The molecule has 1 atom stereocenters. The number of rotatable bonds is 3. The minimum Gasteiger partial charge on any atom is -0.292 e. The molecule has 1 fully saturated rings. The summed E-state index contributed by atoms with van der Waals surface area (Å²) in [4.78, 5) is 35.9. The highest BCUT2D eigenvalue weighted by atomic mass is 19.1. The Bertz CT molecular complexity index is 527. The van der Waals surface area contributed by atoms with Crippen LogP contribution in [0.25, 0.3) is 0 Å². The van der Waals surface area contributed by atoms with Crippen molar-refractivity contribution in [3.05, 3.63) is 35.6 Å². The summed E-state index contributed by atoms with van der Waals surface area (Å²) >= 11 is 0. The van der Waals surface area contributed by atoms with Crippen LogP contribution in [0.2, 0.25) is 0 Å². The average molecular weight is 249 g/mol. The third-order valence-electron chi connectivity index (χ3n) is 2.95. The third kappa shape index (κ3) is 2.16. The SMILES string of the molecule is CC1CC(=O)N(CC(=O)c2ccccc2F)C1=O. The summed E-state index contributed by atoms with van der Waals surface area (Å²) in [6.45, 7) is 1.25. The van der Waals surface area contributed by atoms with Gasteiger partial charge in [-0.2, -0.15) is 0 Å². The van der Waals surface area contributed by atoms with Crippen LogP contribution >= 0.6 is 0 Å². The lowest BCUT2D eigenvalue weighted by Gasteiger charge is -2.13. The summed E-state index contributed by atoms with van der Waals surface area (Å²) in [6, 6.07) is 5.52. The first-order valence-electron chi connectivity index (χ1n) is 5.62. The molecule has 0 spiro atoms. The summed E-state index contributed by atoms with van der Waals surface area (Å²) in [5, 5.41) is 0. The van der Waals surface area contributed by atoms with Gasteiger partial charge in [-0.25, -0.2) is 4.39 Å². The maximum Gasteiger partial charge on any atom is 0.232 e. The number of likely N-dealkylation sites (tertiary alicyclic amines) is 1. The first kappa shape index (κ1) is 12.4. The van der Waals surface area contributed by atoms with Gasteiger partial charge in [0.2, 0.25) is 11.8 Å². The number of amides is 2. The molecule has 0 aromatic heterocycles. The number of benzene rings is 1. The van der Waals surface area contributed by atoms with E-state index in [2.05, 4.69) is 0 Å². The summed E-state index contributed by atoms with van der Waals surface area (Å²) in [7, 11) is 0. The van der Waals surface area contributed by atoms with Crippen molar-refractivity contribution in [3.63, 3.8) is 0 Å². The van der Waals surface area contributed by atoms with Gasteiger partial charge in [0, 0.05) is 12.3 Å². The van der Waals surface area contributed by atoms with Gasteiger partial charge in [0.1, 0.15) is 5.82 Å². The Balaban J connectivity index is 2.16. The molecule has 0 aliphatic carbocycles. The van der Waals surface area contributed by atoms with Crippen LogP contribution in [0.15, 0.2) is 24.3 Å². The van der Waals surface area contributed by atoms with Gasteiger partial charge in [-0.15, -0.1) is 0 Å². The highest BCUT2D eigenvalue weighted by Crippen LogP contribution is 2.19. The molecule has 4 nitrogen and oxygen atoms in total. The molecule has 1 aliphatic rings. The lowest BCUT2D eigenvalue weighted by atomic mass is 10.1. The second-order valence-electron chi connectivity index (χ2n) is 4.33. The number of imide groups is 1. The quantitative estimate of drug-likeness (QED) is 0.601. The number of carbonyl (C=O) groups is 3. The maximum atomic E-state index is 13.4. The molecule has 0 saturated carbocycles. The van der Waals surface area contributed by atoms with Crippen LogP contribution in [0.3, 0.4) is 0 Å². The first-order chi connectivity index (χ1) is 8.50. The number of carbonyl (C=O) groups excluding carboxylic acids is 3. The molecule has 0 bridgehead atoms. The molecule has 2 rings (SSSR count). The number of ketones is 1. The Labute approximate surface area is 103 Å². The standard InChI is InChI=1S/C13H12FNO3/c1-8-6-12(17)15(13(8)18)7-11(16)9-4-2-3-5-10(9)14/h2-5,8H,6-7H2,1H3. The summed E-state index contributed by atoms with van der Waals surface area (Å²) < 4.78 is 13.4. The van der Waals surface area contributed by atoms with E-state index in [1.54, 1.807) is 6.92 Å². The maximum absolute atomic E-state index is 13.4. The van der Waals surface area contributed by atoms with Crippen molar-refractivity contribution in [2.45, 2.75) is 13.3 Å². The second-order valence-corrected chi connectivity index (χ2v) is 4.33. The highest BCUT2D eigenvalue weighted by Gasteiger charge is 2.36. The fourth-order valence-electron chi connectivity index (χ4n) is 1.93. The number of nitrogens with zero attached hydrogens (tertiary/aromatic N) is 1. The van der Waals surface area contributed by atoms with Gasteiger partial charge in [0.25, 0.3) is 0 Å². The zero-order valence-corrected chi connectivity index (χ0v) is 9.85. The van der Waals surface area contributed by atoms with Crippen molar-refractivity contribution in [1.82, 2.24) is 4.90 Å². The minimum atomic E-state index is -0.644. The van der Waals surface area contributed by atoms with E-state index in [0.717, 1.165) is 4.90 Å². The molecule has 1 aromatic rings. The highest BCUT2D eigenvalue weighted by molar-refractivity contribution is 6.08. The molecule has 0 N–H and O–H groups in total. The summed E-state index contributed by atoms with van der Waals surface area (Å²) in [6.07, 6.45) is 0.114. The molecule has 1 unspecified atom stereocenters. The van der Waals surface area contributed by atoms with E-state index in [9.17, 15) is 18.8 Å². The molecular weight excluding hydrogens is 237 g/mol. The smallest absolute Gasteiger partial charge is 0.232 e. The van der Waals surface area contributed by atoms with E-state index >= 15 is 0 Å². The van der Waals surface area contributed by atoms with E-state index in [1.807, 2.05) is 0 Å². The van der Waals surface area contributed by atoms with Crippen molar-refractivity contribution in [3.8, 4) is 0 Å². The summed E-state index contributed by atoms with van der Waals surface area (Å²) in [5.74, 6) is -2.36. The van der Waals surface area contributed by atoms with Crippen LogP contribution in [-0.2, 0) is 9.59 Å². The van der Waals surface area contributed by atoms with E-state index in [1.165, 1.54) is 24.3 Å². The van der Waals surface area contributed by atoms with Crippen molar-refractivity contribution in [2.75, 3.05) is 6.54 Å². The van der Waals surface area contributed by atoms with Crippen molar-refractivity contribution in [2.24, 2.45) is 5.92 Å². The van der Waals surface area contributed by atoms with E-state index in [0.29, 0.717) is 0 Å². The van der Waals surface area contributed by atoms with Crippen molar-refractivity contribution in [1.29, 1.82) is 0 Å². The molecule has 1 aliphatic heterocycles. The topological polar surface area (TPSA) is 54.5 Å². The van der Waals surface area contributed by atoms with Crippen LogP contribution in [0, 0.1) is 11.7 Å². The van der Waals surface area contributed by atoms with Gasteiger partial charge in [0.05, 0.1) is 12.1 Å². The Morgan fingerprint density at radius 2 is 2.06 bits per heavy atom. The largest absolute Gasteiger partial charge is 0.292 e. The first-order valence-corrected chi connectivity index (χ1v) is 5.62. The van der Waals surface area contributed by atoms with Gasteiger partial charge < -0.3 is 0 Å². The van der Waals surface area contributed by atoms with Gasteiger partial charge in [-0.1, -0.05) is 19.1 Å². The van der Waals surface area contributed by atoms with Crippen LogP contribution in [0.1, 0.15) is 23.7 Å². The average Bonchev–Trinajstić information content (AvgIpc) is 2.56. The zero-order valence-electron chi connectivity index (χ0n) is 9.85. The number of hydrogen-bond acceptors (Lipinski definition) is 3. The molecule has 1 saturated heterocycles.